The first-order valence-electron chi connectivity index (χ1n) is 8.74. The normalized spacial score (nSPS) is 10.8. The Morgan fingerprint density at radius 1 is 1.24 bits per heavy atom. The number of hydrogen-bond acceptors (Lipinski definition) is 7. The topological polar surface area (TPSA) is 112 Å². The van der Waals surface area contributed by atoms with Crippen LogP contribution in [-0.4, -0.2) is 32.8 Å². The van der Waals surface area contributed by atoms with Crippen molar-refractivity contribution in [2.24, 2.45) is 0 Å². The molecule has 1 heterocycles. The number of hydrogen-bond donors (Lipinski definition) is 1. The van der Waals surface area contributed by atoms with Crippen LogP contribution < -0.4 is 5.32 Å². The molecule has 0 aliphatic carbocycles. The molecule has 148 valence electrons. The maximum Gasteiger partial charge on any atom is 0.330 e. The number of nitro groups is 1. The van der Waals surface area contributed by atoms with Gasteiger partial charge in [0.15, 0.2) is 0 Å². The van der Waals surface area contributed by atoms with Crippen molar-refractivity contribution in [3.63, 3.8) is 0 Å². The number of carbonyl (C=O) groups excluding carboxylic acids is 1. The van der Waals surface area contributed by atoms with E-state index in [0.717, 1.165) is 11.1 Å². The Hall–Kier alpha value is -4.01. The number of methoxy groups -OCH3 is 1. The SMILES string of the molecule is COC(=O)/C=C/c1ccc(NCc2ccc(Cn3cncn3)cc2)c([N+](=O)[O-])c1. The molecule has 3 rings (SSSR count). The van der Waals surface area contributed by atoms with E-state index in [4.69, 9.17) is 0 Å². The summed E-state index contributed by atoms with van der Waals surface area (Å²) < 4.78 is 6.25. The Morgan fingerprint density at radius 3 is 2.66 bits per heavy atom. The van der Waals surface area contributed by atoms with Gasteiger partial charge in [0.05, 0.1) is 18.6 Å². The largest absolute Gasteiger partial charge is 0.466 e. The third-order valence-electron chi connectivity index (χ3n) is 4.15. The van der Waals surface area contributed by atoms with Crippen molar-refractivity contribution in [2.45, 2.75) is 13.1 Å². The van der Waals surface area contributed by atoms with Crippen LogP contribution in [0.5, 0.6) is 0 Å². The molecule has 0 radical (unpaired) electrons. The van der Waals surface area contributed by atoms with Gasteiger partial charge in [0.2, 0.25) is 0 Å². The van der Waals surface area contributed by atoms with Crippen LogP contribution in [0.3, 0.4) is 0 Å². The number of carbonyl (C=O) groups is 1. The van der Waals surface area contributed by atoms with Crippen LogP contribution in [0, 0.1) is 10.1 Å². The molecule has 1 N–H and O–H groups in total. The Kier molecular flexibility index (Phi) is 6.31. The zero-order valence-corrected chi connectivity index (χ0v) is 15.7. The molecule has 0 bridgehead atoms. The van der Waals surface area contributed by atoms with E-state index in [2.05, 4.69) is 20.1 Å². The van der Waals surface area contributed by atoms with Crippen molar-refractivity contribution in [2.75, 3.05) is 12.4 Å². The van der Waals surface area contributed by atoms with Gasteiger partial charge in [-0.15, -0.1) is 0 Å². The smallest absolute Gasteiger partial charge is 0.330 e. The van der Waals surface area contributed by atoms with Gasteiger partial charge < -0.3 is 10.1 Å². The Labute approximate surface area is 166 Å². The van der Waals surface area contributed by atoms with Crippen molar-refractivity contribution >= 4 is 23.4 Å². The lowest BCUT2D eigenvalue weighted by Gasteiger charge is -2.09. The minimum absolute atomic E-state index is 0.0696. The van der Waals surface area contributed by atoms with E-state index in [9.17, 15) is 14.9 Å². The molecule has 2 aromatic carbocycles. The molecule has 0 spiro atoms. The second-order valence-electron chi connectivity index (χ2n) is 6.15. The molecular weight excluding hydrogens is 374 g/mol. The predicted octanol–water partition coefficient (Wildman–Crippen LogP) is 3.03. The van der Waals surface area contributed by atoms with Crippen LogP contribution >= 0.6 is 0 Å². The standard InChI is InChI=1S/C20H19N5O4/c1-29-20(26)9-7-15-6-8-18(19(10-15)25(27)28)22-11-16-2-4-17(5-3-16)12-24-14-21-13-23-24/h2-10,13-14,22H,11-12H2,1H3/b9-7+. The number of ether oxygens (including phenoxy) is 1. The van der Waals surface area contributed by atoms with Crippen molar-refractivity contribution in [1.82, 2.24) is 14.8 Å². The first-order valence-corrected chi connectivity index (χ1v) is 8.74. The first-order chi connectivity index (χ1) is 14.0. The van der Waals surface area contributed by atoms with Crippen LogP contribution in [0.25, 0.3) is 6.08 Å². The van der Waals surface area contributed by atoms with Crippen LogP contribution in [0.4, 0.5) is 11.4 Å². The number of aromatic nitrogens is 3. The van der Waals surface area contributed by atoms with Crippen LogP contribution in [0.1, 0.15) is 16.7 Å². The summed E-state index contributed by atoms with van der Waals surface area (Å²) in [5.74, 6) is -0.526. The third-order valence-corrected chi connectivity index (χ3v) is 4.15. The molecule has 9 heteroatoms. The maximum atomic E-state index is 11.4. The summed E-state index contributed by atoms with van der Waals surface area (Å²) in [5, 5.41) is 18.6. The van der Waals surface area contributed by atoms with E-state index in [1.807, 2.05) is 24.3 Å². The molecular formula is C20H19N5O4. The second-order valence-corrected chi connectivity index (χ2v) is 6.15. The quantitative estimate of drug-likeness (QED) is 0.271. The summed E-state index contributed by atoms with van der Waals surface area (Å²) in [6.45, 7) is 1.06. The summed E-state index contributed by atoms with van der Waals surface area (Å²) >= 11 is 0. The zero-order chi connectivity index (χ0) is 20.6. The summed E-state index contributed by atoms with van der Waals surface area (Å²) in [4.78, 5) is 26.0. The summed E-state index contributed by atoms with van der Waals surface area (Å²) in [6, 6.07) is 12.6. The van der Waals surface area contributed by atoms with Gasteiger partial charge in [0.1, 0.15) is 18.3 Å². The lowest BCUT2D eigenvalue weighted by atomic mass is 10.1. The molecule has 3 aromatic rings. The lowest BCUT2D eigenvalue weighted by Crippen LogP contribution is -2.04. The molecule has 0 unspecified atom stereocenters. The predicted molar refractivity (Wildman–Crippen MR) is 107 cm³/mol. The minimum Gasteiger partial charge on any atom is -0.466 e. The fourth-order valence-electron chi connectivity index (χ4n) is 2.65. The monoisotopic (exact) mass is 393 g/mol. The van der Waals surface area contributed by atoms with Gasteiger partial charge in [-0.05, 0) is 28.8 Å². The number of rotatable bonds is 8. The fraction of sp³-hybridized carbons (Fsp3) is 0.150. The molecule has 0 aliphatic rings. The second kappa shape index (κ2) is 9.27. The molecule has 0 atom stereocenters. The van der Waals surface area contributed by atoms with Crippen LogP contribution in [0.2, 0.25) is 0 Å². The molecule has 0 amide bonds. The van der Waals surface area contributed by atoms with E-state index in [-0.39, 0.29) is 5.69 Å². The van der Waals surface area contributed by atoms with Crippen LogP contribution in [-0.2, 0) is 22.6 Å². The fourth-order valence-corrected chi connectivity index (χ4v) is 2.65. The third kappa shape index (κ3) is 5.48. The number of anilines is 1. The van der Waals surface area contributed by atoms with Gasteiger partial charge in [0.25, 0.3) is 5.69 Å². The Morgan fingerprint density at radius 2 is 2.00 bits per heavy atom. The van der Waals surface area contributed by atoms with Gasteiger partial charge in [-0.3, -0.25) is 10.1 Å². The summed E-state index contributed by atoms with van der Waals surface area (Å²) in [5.41, 5.74) is 2.92. The molecule has 1 aromatic heterocycles. The zero-order valence-electron chi connectivity index (χ0n) is 15.7. The highest BCUT2D eigenvalue weighted by molar-refractivity contribution is 5.87. The lowest BCUT2D eigenvalue weighted by molar-refractivity contribution is -0.384. The van der Waals surface area contributed by atoms with E-state index in [0.29, 0.717) is 24.3 Å². The molecule has 29 heavy (non-hydrogen) atoms. The van der Waals surface area contributed by atoms with Crippen LogP contribution in [0.15, 0.2) is 61.2 Å². The Balaban J connectivity index is 1.67. The van der Waals surface area contributed by atoms with Crippen molar-refractivity contribution in [3.05, 3.63) is 88.0 Å². The number of benzene rings is 2. The highest BCUT2D eigenvalue weighted by Crippen LogP contribution is 2.26. The number of nitro benzene ring substituents is 1. The average molecular weight is 393 g/mol. The number of nitrogens with zero attached hydrogens (tertiary/aromatic N) is 4. The van der Waals surface area contributed by atoms with Crippen molar-refractivity contribution in [1.29, 1.82) is 0 Å². The summed E-state index contributed by atoms with van der Waals surface area (Å²) in [6.07, 6.45) is 5.82. The van der Waals surface area contributed by atoms with Crippen molar-refractivity contribution in [3.8, 4) is 0 Å². The number of nitrogens with one attached hydrogen (secondary N) is 1. The molecule has 0 saturated heterocycles. The Bertz CT molecular complexity index is 1010. The van der Waals surface area contributed by atoms with E-state index < -0.39 is 10.9 Å². The molecule has 9 nitrogen and oxygen atoms in total. The van der Waals surface area contributed by atoms with Gasteiger partial charge in [-0.25, -0.2) is 14.5 Å². The molecule has 0 fully saturated rings. The molecule has 0 saturated carbocycles. The maximum absolute atomic E-state index is 11.4. The van der Waals surface area contributed by atoms with Gasteiger partial charge in [0, 0.05) is 18.7 Å². The van der Waals surface area contributed by atoms with E-state index in [1.54, 1.807) is 23.1 Å². The van der Waals surface area contributed by atoms with Crippen molar-refractivity contribution < 1.29 is 14.5 Å². The molecule has 0 aliphatic heterocycles. The average Bonchev–Trinajstić information content (AvgIpc) is 3.24. The van der Waals surface area contributed by atoms with Gasteiger partial charge in [-0.2, -0.15) is 5.10 Å². The van der Waals surface area contributed by atoms with Gasteiger partial charge >= 0.3 is 5.97 Å². The van der Waals surface area contributed by atoms with E-state index in [1.165, 1.54) is 31.7 Å². The number of esters is 1. The minimum atomic E-state index is -0.526. The summed E-state index contributed by atoms with van der Waals surface area (Å²) in [7, 11) is 1.27. The first kappa shape index (κ1) is 19.7. The highest BCUT2D eigenvalue weighted by Gasteiger charge is 2.14. The highest BCUT2D eigenvalue weighted by atomic mass is 16.6. The van der Waals surface area contributed by atoms with Gasteiger partial charge in [-0.1, -0.05) is 30.3 Å². The van der Waals surface area contributed by atoms with E-state index >= 15 is 0 Å².